The topological polar surface area (TPSA) is 0 Å². The van der Waals surface area contributed by atoms with Crippen molar-refractivity contribution in [2.24, 2.45) is 5.41 Å². The molecule has 3 fully saturated rings. The van der Waals surface area contributed by atoms with Gasteiger partial charge < -0.3 is 14.9 Å². The molecule has 3 heteroatoms. The molecule has 0 aromatic rings. The molecule has 3 rings (SSSR count). The van der Waals surface area contributed by atoms with E-state index in [1.165, 1.54) is 17.0 Å². The normalized spacial score (nSPS) is 21.8. The van der Waals surface area contributed by atoms with E-state index in [1.54, 1.807) is 96.3 Å². The van der Waals surface area contributed by atoms with Crippen molar-refractivity contribution in [2.45, 2.75) is 134 Å². The molecule has 29 heavy (non-hydrogen) atoms. The third-order valence-corrected chi connectivity index (χ3v) is 12.2. The number of halogens is 1. The summed E-state index contributed by atoms with van der Waals surface area (Å²) in [6.07, 6.45) is 25.8. The molecule has 0 spiro atoms. The molecule has 0 atom stereocenters. The minimum atomic E-state index is -0.148. The van der Waals surface area contributed by atoms with Crippen molar-refractivity contribution in [1.29, 1.82) is 0 Å². The van der Waals surface area contributed by atoms with Crippen molar-refractivity contribution >= 4 is 21.9 Å². The zero-order valence-corrected chi connectivity index (χ0v) is 23.6. The SMILES string of the molecule is C1CCC([PH+](C2CCCCC2)C2CCCCC2)CC1.CC(C)(C)C=[C]=[Ru][Cl].[CH3-].[CH3-]. The molecule has 0 radical (unpaired) electrons. The van der Waals surface area contributed by atoms with E-state index in [2.05, 4.69) is 25.0 Å². The van der Waals surface area contributed by atoms with Crippen LogP contribution in [0.25, 0.3) is 0 Å². The zero-order valence-electron chi connectivity index (χ0n) is 20.1. The first-order valence-corrected chi connectivity index (χ1v) is 16.5. The number of hydrogen-bond acceptors (Lipinski definition) is 0. The molecule has 0 nitrogen and oxygen atoms in total. The van der Waals surface area contributed by atoms with Crippen molar-refractivity contribution in [2.75, 3.05) is 0 Å². The van der Waals surface area contributed by atoms with Gasteiger partial charge in [-0.15, -0.1) is 0 Å². The van der Waals surface area contributed by atoms with Crippen molar-refractivity contribution in [1.82, 2.24) is 0 Å². The Labute approximate surface area is 197 Å². The number of rotatable bonds is 3. The summed E-state index contributed by atoms with van der Waals surface area (Å²) in [5.74, 6) is 0. The maximum absolute atomic E-state index is 5.46. The summed E-state index contributed by atoms with van der Waals surface area (Å²) in [7, 11) is 5.41. The average molecular weight is 530 g/mol. The smallest absolute Gasteiger partial charge is 0.358 e. The van der Waals surface area contributed by atoms with Gasteiger partial charge in [-0.1, -0.05) is 19.3 Å². The number of allylic oxidation sites excluding steroid dienone is 1. The van der Waals surface area contributed by atoms with Gasteiger partial charge in [0.2, 0.25) is 0 Å². The summed E-state index contributed by atoms with van der Waals surface area (Å²) in [5, 5.41) is 0. The second-order valence-electron chi connectivity index (χ2n) is 10.2. The molecule has 175 valence electrons. The van der Waals surface area contributed by atoms with Crippen LogP contribution in [0.4, 0.5) is 0 Å². The third-order valence-electron chi connectivity index (χ3n) is 6.75. The Morgan fingerprint density at radius 1 is 0.690 bits per heavy atom. The summed E-state index contributed by atoms with van der Waals surface area (Å²) in [5.41, 5.74) is 3.93. The summed E-state index contributed by atoms with van der Waals surface area (Å²) < 4.78 is 3.02. The second-order valence-corrected chi connectivity index (χ2v) is 15.3. The van der Waals surface area contributed by atoms with E-state index in [-0.39, 0.29) is 43.9 Å². The second kappa shape index (κ2) is 16.6. The first-order chi connectivity index (χ1) is 13.0. The third kappa shape index (κ3) is 12.0. The van der Waals surface area contributed by atoms with Crippen LogP contribution < -0.4 is 0 Å². The summed E-state index contributed by atoms with van der Waals surface area (Å²) >= 11 is -0.148. The van der Waals surface area contributed by atoms with E-state index in [1.807, 2.05) is 6.08 Å². The van der Waals surface area contributed by atoms with Crippen LogP contribution in [0, 0.1) is 20.3 Å². The molecule has 0 unspecified atom stereocenters. The predicted molar refractivity (Wildman–Crippen MR) is 137 cm³/mol. The molecule has 0 N–H and O–H groups in total. The van der Waals surface area contributed by atoms with Crippen molar-refractivity contribution in [3.05, 3.63) is 20.9 Å². The number of hydrogen-bond donors (Lipinski definition) is 0. The van der Waals surface area contributed by atoms with Gasteiger partial charge in [0.1, 0.15) is 0 Å². The van der Waals surface area contributed by atoms with E-state index in [4.69, 9.17) is 9.69 Å². The molecule has 0 heterocycles. The van der Waals surface area contributed by atoms with Crippen LogP contribution in [0.2, 0.25) is 0 Å². The van der Waals surface area contributed by atoms with Gasteiger partial charge in [-0.05, 0) is 77.0 Å². The van der Waals surface area contributed by atoms with Crippen LogP contribution in [-0.4, -0.2) is 21.2 Å². The van der Waals surface area contributed by atoms with Crippen molar-refractivity contribution in [3.8, 4) is 0 Å². The van der Waals surface area contributed by atoms with Gasteiger partial charge in [0.25, 0.3) is 0 Å². The fraction of sp³-hybridized carbons (Fsp3) is 0.846. The molecular formula is C26H50ClPRu-. The molecule has 3 aliphatic carbocycles. The molecule has 3 aliphatic rings. The standard InChI is InChI=1S/C18H33P.C6H10.2CH3.ClH.Ru/c1-4-10-16(11-5-1)19(17-12-6-2-7-13-17)18-14-8-3-9-15-18;1-5-6(2,3)4;;;;/h16-18H,1-15H2;5H,2-4H3;2*1H3;1H;/q;;2*-1;;+1. The molecule has 0 bridgehead atoms. The molecule has 0 aliphatic heterocycles. The Morgan fingerprint density at radius 3 is 1.21 bits per heavy atom. The quantitative estimate of drug-likeness (QED) is 0.194. The van der Waals surface area contributed by atoms with Gasteiger partial charge in [-0.3, -0.25) is 0 Å². The maximum atomic E-state index is 5.46. The van der Waals surface area contributed by atoms with Crippen LogP contribution in [0.5, 0.6) is 0 Å². The zero-order chi connectivity index (χ0) is 19.5. The Hall–Kier alpha value is 0.993. The Kier molecular flexibility index (Phi) is 17.2. The first kappa shape index (κ1) is 30.0. The van der Waals surface area contributed by atoms with Crippen LogP contribution in [0.1, 0.15) is 117 Å². The summed E-state index contributed by atoms with van der Waals surface area (Å²) in [4.78, 5) is 0. The monoisotopic (exact) mass is 530 g/mol. The van der Waals surface area contributed by atoms with E-state index in [9.17, 15) is 0 Å². The van der Waals surface area contributed by atoms with Crippen molar-refractivity contribution in [3.63, 3.8) is 0 Å². The molecule has 0 amide bonds. The summed E-state index contributed by atoms with van der Waals surface area (Å²) in [6, 6.07) is 0. The van der Waals surface area contributed by atoms with Gasteiger partial charge >= 0.3 is 61.9 Å². The Balaban J connectivity index is 0.000000681. The van der Waals surface area contributed by atoms with Crippen LogP contribution >= 0.6 is 17.6 Å². The van der Waals surface area contributed by atoms with E-state index >= 15 is 0 Å². The first-order valence-electron chi connectivity index (χ1n) is 11.7. The molecule has 0 aromatic heterocycles. The molecule has 0 aromatic carbocycles. The average Bonchev–Trinajstić information content (AvgIpc) is 2.69. The predicted octanol–water partition coefficient (Wildman–Crippen LogP) is 9.33. The fourth-order valence-corrected chi connectivity index (χ4v) is 11.8. The summed E-state index contributed by atoms with van der Waals surface area (Å²) in [6.45, 7) is 6.40. The molecule has 3 saturated carbocycles. The fourth-order valence-electron chi connectivity index (χ4n) is 5.48. The molecular weight excluding hydrogens is 480 g/mol. The minimum Gasteiger partial charge on any atom is -0.358 e. The van der Waals surface area contributed by atoms with Gasteiger partial charge in [-0.2, -0.15) is 0 Å². The minimum absolute atomic E-state index is 0. The van der Waals surface area contributed by atoms with E-state index in [0.717, 1.165) is 0 Å². The van der Waals surface area contributed by atoms with E-state index < -0.39 is 0 Å². The van der Waals surface area contributed by atoms with E-state index in [0.29, 0.717) is 0 Å². The Bertz CT molecular complexity index is 403. The van der Waals surface area contributed by atoms with Gasteiger partial charge in [0.15, 0.2) is 0 Å². The maximum Gasteiger partial charge on any atom is -0.358 e. The van der Waals surface area contributed by atoms with Crippen molar-refractivity contribution < 1.29 is 15.7 Å². The largest absolute Gasteiger partial charge is 0.358 e. The van der Waals surface area contributed by atoms with Crippen LogP contribution in [0.15, 0.2) is 6.08 Å². The van der Waals surface area contributed by atoms with Gasteiger partial charge in [0, 0.05) is 7.92 Å². The van der Waals surface area contributed by atoms with Gasteiger partial charge in [-0.25, -0.2) is 0 Å². The van der Waals surface area contributed by atoms with Gasteiger partial charge in [0.05, 0.1) is 17.0 Å². The Morgan fingerprint density at radius 2 is 1.00 bits per heavy atom. The van der Waals surface area contributed by atoms with Crippen LogP contribution in [-0.2, 0) is 15.7 Å². The molecule has 0 saturated heterocycles. The van der Waals surface area contributed by atoms with Crippen LogP contribution in [0.3, 0.4) is 0 Å².